The molecule has 1 aromatic carbocycles. The summed E-state index contributed by atoms with van der Waals surface area (Å²) in [6.07, 6.45) is 0. The third-order valence-corrected chi connectivity index (χ3v) is 2.78. The van der Waals surface area contributed by atoms with Crippen LogP contribution in [0.15, 0.2) is 30.3 Å². The molecule has 106 valence electrons. The fraction of sp³-hybridized carbons (Fsp3) is 0.308. The van der Waals surface area contributed by atoms with Crippen molar-refractivity contribution in [3.63, 3.8) is 0 Å². The van der Waals surface area contributed by atoms with Gasteiger partial charge in [0.15, 0.2) is 0 Å². The standard InChI is InChI=1S/C13H16N4O3/c1-10-12(17(18)19)13(16(2)15-10)14-8-9-20-11-6-4-3-5-7-11/h3-7,14H,8-9H2,1-2H3. The number of aryl methyl sites for hydroxylation is 2. The zero-order chi connectivity index (χ0) is 14.5. The van der Waals surface area contributed by atoms with Gasteiger partial charge in [-0.3, -0.25) is 10.1 Å². The number of nitro groups is 1. The Morgan fingerprint density at radius 1 is 1.40 bits per heavy atom. The lowest BCUT2D eigenvalue weighted by atomic mass is 10.3. The molecule has 0 spiro atoms. The summed E-state index contributed by atoms with van der Waals surface area (Å²) in [5.41, 5.74) is 0.399. The normalized spacial score (nSPS) is 10.3. The van der Waals surface area contributed by atoms with Gasteiger partial charge in [-0.05, 0) is 19.1 Å². The average Bonchev–Trinajstić information content (AvgIpc) is 2.70. The first-order chi connectivity index (χ1) is 9.59. The van der Waals surface area contributed by atoms with Crippen LogP contribution < -0.4 is 10.1 Å². The highest BCUT2D eigenvalue weighted by Crippen LogP contribution is 2.26. The molecule has 7 heteroatoms. The maximum Gasteiger partial charge on any atom is 0.333 e. The van der Waals surface area contributed by atoms with Gasteiger partial charge in [0.25, 0.3) is 0 Å². The maximum atomic E-state index is 11.0. The number of para-hydroxylation sites is 1. The Kier molecular flexibility index (Phi) is 4.19. The summed E-state index contributed by atoms with van der Waals surface area (Å²) in [6.45, 7) is 2.48. The topological polar surface area (TPSA) is 82.2 Å². The minimum atomic E-state index is -0.428. The van der Waals surface area contributed by atoms with E-state index in [0.717, 1.165) is 5.75 Å². The Labute approximate surface area is 116 Å². The van der Waals surface area contributed by atoms with Crippen LogP contribution in [0.3, 0.4) is 0 Å². The van der Waals surface area contributed by atoms with Crippen molar-refractivity contribution in [3.8, 4) is 5.75 Å². The van der Waals surface area contributed by atoms with Crippen molar-refractivity contribution in [2.24, 2.45) is 7.05 Å². The zero-order valence-electron chi connectivity index (χ0n) is 11.4. The number of aromatic nitrogens is 2. The van der Waals surface area contributed by atoms with E-state index in [1.165, 1.54) is 4.68 Å². The van der Waals surface area contributed by atoms with Crippen LogP contribution in [-0.2, 0) is 7.05 Å². The molecular weight excluding hydrogens is 260 g/mol. The average molecular weight is 276 g/mol. The van der Waals surface area contributed by atoms with Crippen LogP contribution >= 0.6 is 0 Å². The molecule has 0 saturated carbocycles. The highest BCUT2D eigenvalue weighted by Gasteiger charge is 2.23. The molecular formula is C13H16N4O3. The molecule has 2 rings (SSSR count). The molecule has 1 N–H and O–H groups in total. The first-order valence-corrected chi connectivity index (χ1v) is 6.19. The molecule has 0 saturated heterocycles. The monoisotopic (exact) mass is 276 g/mol. The van der Waals surface area contributed by atoms with E-state index < -0.39 is 4.92 Å². The van der Waals surface area contributed by atoms with Gasteiger partial charge in [-0.25, -0.2) is 4.68 Å². The van der Waals surface area contributed by atoms with Crippen LogP contribution in [0.25, 0.3) is 0 Å². The summed E-state index contributed by atoms with van der Waals surface area (Å²) in [6, 6.07) is 9.40. The molecule has 20 heavy (non-hydrogen) atoms. The molecule has 0 aliphatic carbocycles. The molecule has 2 aromatic rings. The second-order valence-corrected chi connectivity index (χ2v) is 4.25. The molecule has 0 aliphatic heterocycles. The SMILES string of the molecule is Cc1nn(C)c(NCCOc2ccccc2)c1[N+](=O)[O-]. The van der Waals surface area contributed by atoms with E-state index >= 15 is 0 Å². The minimum absolute atomic E-state index is 0.00668. The fourth-order valence-electron chi connectivity index (χ4n) is 1.92. The Balaban J connectivity index is 1.93. The second kappa shape index (κ2) is 6.05. The van der Waals surface area contributed by atoms with Crippen molar-refractivity contribution in [2.75, 3.05) is 18.5 Å². The van der Waals surface area contributed by atoms with E-state index in [1.54, 1.807) is 14.0 Å². The van der Waals surface area contributed by atoms with Crippen LogP contribution in [-0.4, -0.2) is 27.9 Å². The van der Waals surface area contributed by atoms with E-state index in [2.05, 4.69) is 10.4 Å². The molecule has 0 aliphatic rings. The van der Waals surface area contributed by atoms with Crippen molar-refractivity contribution in [1.29, 1.82) is 0 Å². The molecule has 0 atom stereocenters. The maximum absolute atomic E-state index is 11.0. The third-order valence-electron chi connectivity index (χ3n) is 2.78. The predicted octanol–water partition coefficient (Wildman–Crippen LogP) is 2.13. The van der Waals surface area contributed by atoms with Crippen molar-refractivity contribution in [3.05, 3.63) is 46.1 Å². The first-order valence-electron chi connectivity index (χ1n) is 6.19. The number of nitrogens with zero attached hydrogens (tertiary/aromatic N) is 3. The summed E-state index contributed by atoms with van der Waals surface area (Å²) in [4.78, 5) is 10.6. The van der Waals surface area contributed by atoms with Crippen molar-refractivity contribution in [2.45, 2.75) is 6.92 Å². The molecule has 1 heterocycles. The number of ether oxygens (including phenoxy) is 1. The van der Waals surface area contributed by atoms with Crippen molar-refractivity contribution < 1.29 is 9.66 Å². The third kappa shape index (κ3) is 3.05. The van der Waals surface area contributed by atoms with Crippen LogP contribution in [0.4, 0.5) is 11.5 Å². The summed E-state index contributed by atoms with van der Waals surface area (Å²) in [5.74, 6) is 1.16. The number of rotatable bonds is 6. The van der Waals surface area contributed by atoms with Crippen molar-refractivity contribution in [1.82, 2.24) is 9.78 Å². The van der Waals surface area contributed by atoms with Crippen LogP contribution in [0.5, 0.6) is 5.75 Å². The number of nitrogens with one attached hydrogen (secondary N) is 1. The number of anilines is 1. The van der Waals surface area contributed by atoms with E-state index in [-0.39, 0.29) is 5.69 Å². The number of benzene rings is 1. The Morgan fingerprint density at radius 2 is 2.10 bits per heavy atom. The molecule has 1 aromatic heterocycles. The first kappa shape index (κ1) is 13.9. The zero-order valence-corrected chi connectivity index (χ0v) is 11.4. The van der Waals surface area contributed by atoms with Crippen LogP contribution in [0, 0.1) is 17.0 Å². The second-order valence-electron chi connectivity index (χ2n) is 4.25. The molecule has 7 nitrogen and oxygen atoms in total. The van der Waals surface area contributed by atoms with Gasteiger partial charge >= 0.3 is 5.69 Å². The van der Waals surface area contributed by atoms with E-state index in [1.807, 2.05) is 30.3 Å². The largest absolute Gasteiger partial charge is 0.492 e. The summed E-state index contributed by atoms with van der Waals surface area (Å²) in [7, 11) is 1.67. The summed E-state index contributed by atoms with van der Waals surface area (Å²) < 4.78 is 6.98. The molecule has 0 radical (unpaired) electrons. The highest BCUT2D eigenvalue weighted by molar-refractivity contribution is 5.59. The fourth-order valence-corrected chi connectivity index (χ4v) is 1.92. The Morgan fingerprint density at radius 3 is 2.75 bits per heavy atom. The lowest BCUT2D eigenvalue weighted by molar-refractivity contribution is -0.384. The predicted molar refractivity (Wildman–Crippen MR) is 75.0 cm³/mol. The van der Waals surface area contributed by atoms with Gasteiger partial charge in [-0.15, -0.1) is 0 Å². The van der Waals surface area contributed by atoms with Gasteiger partial charge in [0, 0.05) is 7.05 Å². The number of hydrogen-bond acceptors (Lipinski definition) is 5. The van der Waals surface area contributed by atoms with Crippen molar-refractivity contribution >= 4 is 11.5 Å². The summed E-state index contributed by atoms with van der Waals surface area (Å²) in [5, 5.41) is 18.0. The van der Waals surface area contributed by atoms with Gasteiger partial charge in [-0.2, -0.15) is 5.10 Å². The summed E-state index contributed by atoms with van der Waals surface area (Å²) >= 11 is 0. The van der Waals surface area contributed by atoms with Gasteiger partial charge in [0.05, 0.1) is 11.5 Å². The van der Waals surface area contributed by atoms with E-state index in [4.69, 9.17) is 4.74 Å². The van der Waals surface area contributed by atoms with E-state index in [0.29, 0.717) is 24.7 Å². The van der Waals surface area contributed by atoms with Crippen LogP contribution in [0.1, 0.15) is 5.69 Å². The Hall–Kier alpha value is -2.57. The lowest BCUT2D eigenvalue weighted by Crippen LogP contribution is -2.14. The molecule has 0 fully saturated rings. The lowest BCUT2D eigenvalue weighted by Gasteiger charge is -2.08. The molecule has 0 amide bonds. The molecule has 0 unspecified atom stereocenters. The van der Waals surface area contributed by atoms with Gasteiger partial charge in [0.1, 0.15) is 18.1 Å². The van der Waals surface area contributed by atoms with Gasteiger partial charge in [-0.1, -0.05) is 18.2 Å². The smallest absolute Gasteiger partial charge is 0.333 e. The van der Waals surface area contributed by atoms with Gasteiger partial charge < -0.3 is 10.1 Å². The highest BCUT2D eigenvalue weighted by atomic mass is 16.6. The van der Waals surface area contributed by atoms with Gasteiger partial charge in [0.2, 0.25) is 5.82 Å². The van der Waals surface area contributed by atoms with Crippen LogP contribution in [0.2, 0.25) is 0 Å². The van der Waals surface area contributed by atoms with E-state index in [9.17, 15) is 10.1 Å². The minimum Gasteiger partial charge on any atom is -0.492 e. The number of hydrogen-bond donors (Lipinski definition) is 1. The quantitative estimate of drug-likeness (QED) is 0.496. The Bertz CT molecular complexity index is 595. The molecule has 0 bridgehead atoms.